The van der Waals surface area contributed by atoms with Crippen molar-refractivity contribution in [2.75, 3.05) is 6.54 Å². The van der Waals surface area contributed by atoms with Gasteiger partial charge in [0.2, 0.25) is 17.7 Å². The van der Waals surface area contributed by atoms with Gasteiger partial charge in [-0.25, -0.2) is 4.79 Å². The van der Waals surface area contributed by atoms with Crippen LogP contribution in [0.4, 0.5) is 0 Å². The average Bonchev–Trinajstić information content (AvgIpc) is 2.92. The maximum Gasteiger partial charge on any atom is 0.326 e. The molecule has 0 radical (unpaired) electrons. The topological polar surface area (TPSA) is 151 Å². The number of carboxylic acids is 1. The summed E-state index contributed by atoms with van der Waals surface area (Å²) >= 11 is 0. The zero-order valence-electron chi connectivity index (χ0n) is 13.1. The zero-order chi connectivity index (χ0) is 17.4. The van der Waals surface area contributed by atoms with Gasteiger partial charge < -0.3 is 26.8 Å². The van der Waals surface area contributed by atoms with Crippen LogP contribution in [0.15, 0.2) is 0 Å². The molecule has 3 atom stereocenters. The number of amides is 3. The lowest BCUT2D eigenvalue weighted by Gasteiger charge is -2.20. The molecule has 0 saturated carbocycles. The molecular weight excluding hydrogens is 304 g/mol. The summed E-state index contributed by atoms with van der Waals surface area (Å²) in [5.74, 6) is -2.36. The van der Waals surface area contributed by atoms with Gasteiger partial charge in [0, 0.05) is 6.42 Å². The minimum Gasteiger partial charge on any atom is -0.480 e. The van der Waals surface area contributed by atoms with Crippen LogP contribution >= 0.6 is 0 Å². The van der Waals surface area contributed by atoms with Crippen molar-refractivity contribution in [3.63, 3.8) is 0 Å². The van der Waals surface area contributed by atoms with Crippen LogP contribution in [0.25, 0.3) is 0 Å². The lowest BCUT2D eigenvalue weighted by molar-refractivity contribution is -0.142. The summed E-state index contributed by atoms with van der Waals surface area (Å²) in [5.41, 5.74) is 5.35. The number of aliphatic carboxylic acids is 1. The Bertz CT molecular complexity index is 468. The normalized spacial score (nSPS) is 19.6. The minimum atomic E-state index is -1.13. The molecule has 0 aliphatic carbocycles. The summed E-state index contributed by atoms with van der Waals surface area (Å²) in [6.45, 7) is 1.92. The highest BCUT2D eigenvalue weighted by atomic mass is 16.4. The highest BCUT2D eigenvalue weighted by Crippen LogP contribution is 2.07. The molecule has 3 unspecified atom stereocenters. The molecule has 3 amide bonds. The Hall–Kier alpha value is -2.16. The second kappa shape index (κ2) is 9.09. The van der Waals surface area contributed by atoms with E-state index in [2.05, 4.69) is 16.0 Å². The number of hydrogen-bond acceptors (Lipinski definition) is 5. The molecule has 0 spiro atoms. The van der Waals surface area contributed by atoms with Gasteiger partial charge >= 0.3 is 5.97 Å². The van der Waals surface area contributed by atoms with Gasteiger partial charge in [-0.1, -0.05) is 0 Å². The molecule has 1 aliphatic rings. The van der Waals surface area contributed by atoms with Gasteiger partial charge in [-0.05, 0) is 39.2 Å². The third-order valence-electron chi connectivity index (χ3n) is 3.63. The maximum atomic E-state index is 12.0. The van der Waals surface area contributed by atoms with E-state index in [4.69, 9.17) is 10.8 Å². The van der Waals surface area contributed by atoms with E-state index in [0.29, 0.717) is 25.8 Å². The van der Waals surface area contributed by atoms with Crippen LogP contribution in [0, 0.1) is 0 Å². The number of hydrogen-bond donors (Lipinski definition) is 5. The summed E-state index contributed by atoms with van der Waals surface area (Å²) in [5, 5.41) is 16.5. The van der Waals surface area contributed by atoms with Gasteiger partial charge in [0.15, 0.2) is 0 Å². The van der Waals surface area contributed by atoms with Crippen LogP contribution in [0.3, 0.4) is 0 Å². The van der Waals surface area contributed by atoms with Gasteiger partial charge in [0.25, 0.3) is 0 Å². The molecule has 23 heavy (non-hydrogen) atoms. The smallest absolute Gasteiger partial charge is 0.326 e. The molecule has 9 nitrogen and oxygen atoms in total. The standard InChI is InChI=1S/C14H24N4O5/c1-8(16-13(21)9-5-6-11(19)17-9)12(20)18-10(14(22)23)4-2-3-7-15/h8-10H,2-7,15H2,1H3,(H,16,21)(H,17,19)(H,18,20)(H,22,23). The van der Waals surface area contributed by atoms with Crippen LogP contribution in [0.5, 0.6) is 0 Å². The van der Waals surface area contributed by atoms with Crippen molar-refractivity contribution >= 4 is 23.7 Å². The molecule has 0 aromatic carbocycles. The molecule has 1 saturated heterocycles. The van der Waals surface area contributed by atoms with Crippen LogP contribution in [0.1, 0.15) is 39.0 Å². The van der Waals surface area contributed by atoms with Gasteiger partial charge in [-0.2, -0.15) is 0 Å². The number of rotatable bonds is 9. The first-order valence-corrected chi connectivity index (χ1v) is 7.68. The monoisotopic (exact) mass is 328 g/mol. The van der Waals surface area contributed by atoms with Crippen LogP contribution in [0.2, 0.25) is 0 Å². The lowest BCUT2D eigenvalue weighted by Crippen LogP contribution is -2.53. The second-order valence-corrected chi connectivity index (χ2v) is 5.57. The zero-order valence-corrected chi connectivity index (χ0v) is 13.1. The van der Waals surface area contributed by atoms with Crippen molar-refractivity contribution in [2.24, 2.45) is 5.73 Å². The molecule has 0 aromatic heterocycles. The van der Waals surface area contributed by atoms with E-state index in [0.717, 1.165) is 0 Å². The quantitative estimate of drug-likeness (QED) is 0.324. The first kappa shape index (κ1) is 18.9. The van der Waals surface area contributed by atoms with Crippen LogP contribution in [-0.4, -0.2) is 53.5 Å². The van der Waals surface area contributed by atoms with Crippen LogP contribution < -0.4 is 21.7 Å². The van der Waals surface area contributed by atoms with E-state index in [1.54, 1.807) is 0 Å². The summed E-state index contributed by atoms with van der Waals surface area (Å²) in [6.07, 6.45) is 2.20. The Balaban J connectivity index is 2.45. The number of nitrogens with two attached hydrogens (primary N) is 1. The maximum absolute atomic E-state index is 12.0. The molecule has 1 fully saturated rings. The van der Waals surface area contributed by atoms with E-state index in [1.165, 1.54) is 6.92 Å². The number of carbonyl (C=O) groups excluding carboxylic acids is 3. The van der Waals surface area contributed by atoms with Gasteiger partial charge in [-0.3, -0.25) is 14.4 Å². The van der Waals surface area contributed by atoms with Gasteiger partial charge in [-0.15, -0.1) is 0 Å². The summed E-state index contributed by atoms with van der Waals surface area (Å²) < 4.78 is 0. The Morgan fingerprint density at radius 1 is 1.35 bits per heavy atom. The molecule has 6 N–H and O–H groups in total. The van der Waals surface area contributed by atoms with Gasteiger partial charge in [0.1, 0.15) is 18.1 Å². The van der Waals surface area contributed by atoms with E-state index in [1.807, 2.05) is 0 Å². The molecule has 0 aromatic rings. The van der Waals surface area contributed by atoms with E-state index in [-0.39, 0.29) is 18.7 Å². The Labute approximate surface area is 134 Å². The molecule has 1 aliphatic heterocycles. The molecular formula is C14H24N4O5. The average molecular weight is 328 g/mol. The summed E-state index contributed by atoms with van der Waals surface area (Å²) in [6, 6.07) is -2.55. The predicted molar refractivity (Wildman–Crippen MR) is 81.2 cm³/mol. The number of nitrogens with one attached hydrogen (secondary N) is 3. The Morgan fingerprint density at radius 2 is 2.04 bits per heavy atom. The van der Waals surface area contributed by atoms with Crippen molar-refractivity contribution in [2.45, 2.75) is 57.2 Å². The third kappa shape index (κ3) is 6.23. The molecule has 1 heterocycles. The molecule has 130 valence electrons. The van der Waals surface area contributed by atoms with Gasteiger partial charge in [0.05, 0.1) is 0 Å². The number of carboxylic acid groups (broad SMARTS) is 1. The summed E-state index contributed by atoms with van der Waals surface area (Å²) in [7, 11) is 0. The predicted octanol–water partition coefficient (Wildman–Crippen LogP) is -1.53. The van der Waals surface area contributed by atoms with E-state index in [9.17, 15) is 19.2 Å². The Kier molecular flexibility index (Phi) is 7.46. The SMILES string of the molecule is CC(NC(=O)C1CCC(=O)N1)C(=O)NC(CCCCN)C(=O)O. The fourth-order valence-electron chi connectivity index (χ4n) is 2.24. The first-order chi connectivity index (χ1) is 10.8. The van der Waals surface area contributed by atoms with Crippen molar-refractivity contribution in [3.05, 3.63) is 0 Å². The lowest BCUT2D eigenvalue weighted by atomic mass is 10.1. The third-order valence-corrected chi connectivity index (χ3v) is 3.63. The first-order valence-electron chi connectivity index (χ1n) is 7.68. The van der Waals surface area contributed by atoms with E-state index < -0.39 is 35.9 Å². The van der Waals surface area contributed by atoms with Crippen molar-refractivity contribution in [1.82, 2.24) is 16.0 Å². The largest absolute Gasteiger partial charge is 0.480 e. The minimum absolute atomic E-state index is 0.201. The van der Waals surface area contributed by atoms with Crippen LogP contribution in [-0.2, 0) is 19.2 Å². The van der Waals surface area contributed by atoms with Crippen molar-refractivity contribution < 1.29 is 24.3 Å². The highest BCUT2D eigenvalue weighted by molar-refractivity contribution is 5.94. The fourth-order valence-corrected chi connectivity index (χ4v) is 2.24. The summed E-state index contributed by atoms with van der Waals surface area (Å²) in [4.78, 5) is 46.1. The number of unbranched alkanes of at least 4 members (excludes halogenated alkanes) is 1. The number of carbonyl (C=O) groups is 4. The molecule has 0 bridgehead atoms. The second-order valence-electron chi connectivity index (χ2n) is 5.57. The Morgan fingerprint density at radius 3 is 2.57 bits per heavy atom. The highest BCUT2D eigenvalue weighted by Gasteiger charge is 2.30. The van der Waals surface area contributed by atoms with Crippen molar-refractivity contribution in [1.29, 1.82) is 0 Å². The molecule has 9 heteroatoms. The van der Waals surface area contributed by atoms with E-state index >= 15 is 0 Å². The van der Waals surface area contributed by atoms with Crippen molar-refractivity contribution in [3.8, 4) is 0 Å². The molecule has 1 rings (SSSR count). The fraction of sp³-hybridized carbons (Fsp3) is 0.714.